The molecule has 1 aromatic carbocycles. The Kier molecular flexibility index (Phi) is 3.96. The van der Waals surface area contributed by atoms with E-state index in [2.05, 4.69) is 6.92 Å². The molecule has 1 aliphatic rings. The first-order chi connectivity index (χ1) is 8.56. The molecule has 2 atom stereocenters. The molecule has 1 aromatic rings. The fourth-order valence-corrected chi connectivity index (χ4v) is 3.08. The summed E-state index contributed by atoms with van der Waals surface area (Å²) in [4.78, 5) is 0. The Morgan fingerprint density at radius 2 is 2.00 bits per heavy atom. The molecule has 1 N–H and O–H groups in total. The second-order valence-corrected chi connectivity index (χ2v) is 5.61. The van der Waals surface area contributed by atoms with Gasteiger partial charge in [-0.1, -0.05) is 25.5 Å². The zero-order valence-electron chi connectivity index (χ0n) is 11.6. The number of rotatable bonds is 4. The molecule has 100 valence electrons. The number of benzene rings is 1. The van der Waals surface area contributed by atoms with Crippen molar-refractivity contribution in [3.8, 4) is 5.75 Å². The highest BCUT2D eigenvalue weighted by Crippen LogP contribution is 2.45. The van der Waals surface area contributed by atoms with E-state index in [1.54, 1.807) is 0 Å². The van der Waals surface area contributed by atoms with Gasteiger partial charge in [0.1, 0.15) is 5.75 Å². The molecule has 0 spiro atoms. The first kappa shape index (κ1) is 13.4. The van der Waals surface area contributed by atoms with Crippen molar-refractivity contribution in [3.05, 3.63) is 29.8 Å². The minimum Gasteiger partial charge on any atom is -0.491 e. The zero-order chi connectivity index (χ0) is 13.2. The van der Waals surface area contributed by atoms with Crippen molar-refractivity contribution in [3.63, 3.8) is 0 Å². The van der Waals surface area contributed by atoms with Crippen molar-refractivity contribution < 1.29 is 9.84 Å². The van der Waals surface area contributed by atoms with Crippen molar-refractivity contribution >= 4 is 0 Å². The predicted octanol–water partition coefficient (Wildman–Crippen LogP) is 3.87. The second-order valence-electron chi connectivity index (χ2n) is 5.61. The number of hydrogen-bond donors (Lipinski definition) is 1. The highest BCUT2D eigenvalue weighted by molar-refractivity contribution is 5.32. The Hall–Kier alpha value is -1.02. The highest BCUT2D eigenvalue weighted by Gasteiger charge is 2.41. The van der Waals surface area contributed by atoms with Gasteiger partial charge in [0, 0.05) is 0 Å². The predicted molar refractivity (Wildman–Crippen MR) is 73.7 cm³/mol. The number of ether oxygens (including phenoxy) is 1. The lowest BCUT2D eigenvalue weighted by Gasteiger charge is -2.30. The van der Waals surface area contributed by atoms with Crippen molar-refractivity contribution in [2.24, 2.45) is 5.92 Å². The molecule has 2 rings (SSSR count). The molecule has 1 fully saturated rings. The van der Waals surface area contributed by atoms with Crippen LogP contribution in [0.5, 0.6) is 5.75 Å². The summed E-state index contributed by atoms with van der Waals surface area (Å²) < 4.78 is 5.64. The van der Waals surface area contributed by atoms with Crippen LogP contribution < -0.4 is 4.74 Å². The minimum absolute atomic E-state index is 0.189. The molecule has 2 heteroatoms. The summed E-state index contributed by atoms with van der Waals surface area (Å²) in [6.07, 6.45) is 4.38. The fraction of sp³-hybridized carbons (Fsp3) is 0.625. The van der Waals surface area contributed by atoms with Gasteiger partial charge in [0.05, 0.1) is 11.7 Å². The van der Waals surface area contributed by atoms with Crippen LogP contribution in [0.2, 0.25) is 0 Å². The molecule has 0 bridgehead atoms. The SMILES string of the molecule is CCC1CCCC1(O)c1ccc(OC(C)C)cc1. The molecule has 2 nitrogen and oxygen atoms in total. The molecule has 0 aromatic heterocycles. The standard InChI is InChI=1S/C16H24O2/c1-4-13-6-5-11-16(13,17)14-7-9-15(10-8-14)18-12(2)3/h7-10,12-13,17H,4-6,11H2,1-3H3. The van der Waals surface area contributed by atoms with Gasteiger partial charge in [0.2, 0.25) is 0 Å². The largest absolute Gasteiger partial charge is 0.491 e. The van der Waals surface area contributed by atoms with E-state index in [1.165, 1.54) is 0 Å². The lowest BCUT2D eigenvalue weighted by Crippen LogP contribution is -2.29. The van der Waals surface area contributed by atoms with Crippen LogP contribution in [0, 0.1) is 5.92 Å². The van der Waals surface area contributed by atoms with Gasteiger partial charge >= 0.3 is 0 Å². The minimum atomic E-state index is -0.620. The van der Waals surface area contributed by atoms with Gasteiger partial charge in [-0.15, -0.1) is 0 Å². The maximum absolute atomic E-state index is 10.9. The monoisotopic (exact) mass is 248 g/mol. The van der Waals surface area contributed by atoms with Crippen LogP contribution in [0.3, 0.4) is 0 Å². The molecule has 1 aliphatic carbocycles. The topological polar surface area (TPSA) is 29.5 Å². The molecule has 0 heterocycles. The van der Waals surface area contributed by atoms with Gasteiger partial charge < -0.3 is 9.84 Å². The first-order valence-electron chi connectivity index (χ1n) is 7.06. The fourth-order valence-electron chi connectivity index (χ4n) is 3.08. The Bertz CT molecular complexity index is 383. The third kappa shape index (κ3) is 2.54. The maximum atomic E-state index is 10.9. The average Bonchev–Trinajstić information content (AvgIpc) is 2.72. The molecule has 0 amide bonds. The second kappa shape index (κ2) is 5.31. The lowest BCUT2D eigenvalue weighted by atomic mass is 9.82. The summed E-state index contributed by atoms with van der Waals surface area (Å²) in [7, 11) is 0. The zero-order valence-corrected chi connectivity index (χ0v) is 11.6. The van der Waals surface area contributed by atoms with Gasteiger partial charge in [-0.05, 0) is 56.7 Å². The van der Waals surface area contributed by atoms with Gasteiger partial charge in [0.25, 0.3) is 0 Å². The average molecular weight is 248 g/mol. The van der Waals surface area contributed by atoms with Gasteiger partial charge in [-0.25, -0.2) is 0 Å². The van der Waals surface area contributed by atoms with E-state index < -0.39 is 5.60 Å². The van der Waals surface area contributed by atoms with E-state index in [0.717, 1.165) is 37.0 Å². The summed E-state index contributed by atoms with van der Waals surface area (Å²) in [5.74, 6) is 1.28. The lowest BCUT2D eigenvalue weighted by molar-refractivity contribution is -0.00391. The van der Waals surface area contributed by atoms with Gasteiger partial charge in [-0.2, -0.15) is 0 Å². The third-order valence-corrected chi connectivity index (χ3v) is 4.00. The van der Waals surface area contributed by atoms with Crippen molar-refractivity contribution in [2.75, 3.05) is 0 Å². The van der Waals surface area contributed by atoms with E-state index in [0.29, 0.717) is 5.92 Å². The van der Waals surface area contributed by atoms with E-state index in [1.807, 2.05) is 38.1 Å². The van der Waals surface area contributed by atoms with Crippen LogP contribution >= 0.6 is 0 Å². The van der Waals surface area contributed by atoms with E-state index in [9.17, 15) is 5.11 Å². The van der Waals surface area contributed by atoms with Crippen molar-refractivity contribution in [2.45, 2.75) is 58.2 Å². The van der Waals surface area contributed by atoms with Crippen molar-refractivity contribution in [1.29, 1.82) is 0 Å². The summed E-state index contributed by atoms with van der Waals surface area (Å²) in [5.41, 5.74) is 0.424. The van der Waals surface area contributed by atoms with Gasteiger partial charge in [0.15, 0.2) is 0 Å². The number of hydrogen-bond acceptors (Lipinski definition) is 2. The Labute approximate surface area is 110 Å². The molecular formula is C16H24O2. The van der Waals surface area contributed by atoms with Crippen LogP contribution in [0.4, 0.5) is 0 Å². The Morgan fingerprint density at radius 3 is 2.56 bits per heavy atom. The molecule has 0 aliphatic heterocycles. The Balaban J connectivity index is 2.18. The smallest absolute Gasteiger partial charge is 0.119 e. The third-order valence-electron chi connectivity index (χ3n) is 4.00. The van der Waals surface area contributed by atoms with Crippen LogP contribution in [-0.4, -0.2) is 11.2 Å². The quantitative estimate of drug-likeness (QED) is 0.876. The van der Waals surface area contributed by atoms with Gasteiger partial charge in [-0.3, -0.25) is 0 Å². The first-order valence-corrected chi connectivity index (χ1v) is 7.06. The maximum Gasteiger partial charge on any atom is 0.119 e. The van der Waals surface area contributed by atoms with Crippen LogP contribution in [0.15, 0.2) is 24.3 Å². The highest BCUT2D eigenvalue weighted by atomic mass is 16.5. The normalized spacial score (nSPS) is 27.7. The van der Waals surface area contributed by atoms with E-state index in [4.69, 9.17) is 4.74 Å². The molecule has 1 saturated carbocycles. The molecule has 0 radical (unpaired) electrons. The number of aliphatic hydroxyl groups is 1. The van der Waals surface area contributed by atoms with Crippen LogP contribution in [0.1, 0.15) is 52.0 Å². The molecule has 18 heavy (non-hydrogen) atoms. The molecular weight excluding hydrogens is 224 g/mol. The van der Waals surface area contributed by atoms with E-state index >= 15 is 0 Å². The summed E-state index contributed by atoms with van der Waals surface area (Å²) in [6.45, 7) is 6.20. The summed E-state index contributed by atoms with van der Waals surface area (Å²) in [5, 5.41) is 10.9. The van der Waals surface area contributed by atoms with Crippen LogP contribution in [0.25, 0.3) is 0 Å². The molecule has 0 saturated heterocycles. The molecule has 2 unspecified atom stereocenters. The summed E-state index contributed by atoms with van der Waals surface area (Å²) >= 11 is 0. The van der Waals surface area contributed by atoms with Crippen LogP contribution in [-0.2, 0) is 5.60 Å². The van der Waals surface area contributed by atoms with Crippen molar-refractivity contribution in [1.82, 2.24) is 0 Å². The summed E-state index contributed by atoms with van der Waals surface area (Å²) in [6, 6.07) is 7.98. The van der Waals surface area contributed by atoms with E-state index in [-0.39, 0.29) is 6.10 Å². The Morgan fingerprint density at radius 1 is 1.33 bits per heavy atom.